The fourth-order valence-electron chi connectivity index (χ4n) is 1.86. The van der Waals surface area contributed by atoms with E-state index in [1.165, 1.54) is 0 Å². The maximum Gasteiger partial charge on any atom is 0.188 e. The molecule has 0 aromatic carbocycles. The molecule has 8 nitrogen and oxygen atoms in total. The quantitative estimate of drug-likeness (QED) is 0.621. The Bertz CT molecular complexity index is 465. The monoisotopic (exact) mass is 252 g/mol. The summed E-state index contributed by atoms with van der Waals surface area (Å²) in [7, 11) is 0. The standard InChI is InChI=1S/C10H16N6O2/c1-3-5-12-7(9(11)14-5)8-10(16(17)18)15-6(4-2)13-8/h7-8,17-18H,3-4H2,1-2H3,(H2,11,12,14). The summed E-state index contributed by atoms with van der Waals surface area (Å²) in [6.45, 7) is 3.81. The molecule has 0 fully saturated rings. The number of hydrogen-bond acceptors (Lipinski definition) is 8. The van der Waals surface area contributed by atoms with Gasteiger partial charge in [-0.1, -0.05) is 13.8 Å². The molecule has 2 atom stereocenters. The van der Waals surface area contributed by atoms with Crippen molar-refractivity contribution in [2.75, 3.05) is 0 Å². The van der Waals surface area contributed by atoms with E-state index in [9.17, 15) is 0 Å². The molecule has 0 aromatic rings. The van der Waals surface area contributed by atoms with Crippen LogP contribution in [0.1, 0.15) is 26.7 Å². The maximum atomic E-state index is 9.16. The lowest BCUT2D eigenvalue weighted by molar-refractivity contribution is -0.246. The highest BCUT2D eigenvalue weighted by atomic mass is 16.8. The largest absolute Gasteiger partial charge is 0.385 e. The summed E-state index contributed by atoms with van der Waals surface area (Å²) >= 11 is 0. The van der Waals surface area contributed by atoms with Gasteiger partial charge < -0.3 is 5.73 Å². The Morgan fingerprint density at radius 2 is 1.61 bits per heavy atom. The topological polar surface area (TPSA) is 119 Å². The first kappa shape index (κ1) is 12.7. The van der Waals surface area contributed by atoms with Crippen molar-refractivity contribution in [3.63, 3.8) is 0 Å². The van der Waals surface area contributed by atoms with Crippen LogP contribution in [0, 0.1) is 0 Å². The van der Waals surface area contributed by atoms with E-state index in [0.717, 1.165) is 0 Å². The molecule has 2 heterocycles. The molecule has 98 valence electrons. The summed E-state index contributed by atoms with van der Waals surface area (Å²) in [6, 6.07) is -1.13. The van der Waals surface area contributed by atoms with E-state index in [-0.39, 0.29) is 11.1 Å². The van der Waals surface area contributed by atoms with Gasteiger partial charge in [-0.25, -0.2) is 9.98 Å². The van der Waals surface area contributed by atoms with Gasteiger partial charge >= 0.3 is 0 Å². The van der Waals surface area contributed by atoms with Crippen molar-refractivity contribution in [3.8, 4) is 0 Å². The zero-order chi connectivity index (χ0) is 13.3. The summed E-state index contributed by atoms with van der Waals surface area (Å²) in [5.74, 6) is 1.53. The van der Waals surface area contributed by atoms with Gasteiger partial charge in [-0.15, -0.1) is 5.23 Å². The van der Waals surface area contributed by atoms with Crippen LogP contribution in [0.5, 0.6) is 0 Å². The average Bonchev–Trinajstić information content (AvgIpc) is 2.91. The lowest BCUT2D eigenvalue weighted by atomic mass is 10.1. The molecule has 0 spiro atoms. The fraction of sp³-hybridized carbons (Fsp3) is 0.600. The van der Waals surface area contributed by atoms with E-state index in [2.05, 4.69) is 20.0 Å². The van der Waals surface area contributed by atoms with Gasteiger partial charge in [0, 0.05) is 12.8 Å². The van der Waals surface area contributed by atoms with Crippen LogP contribution in [-0.4, -0.2) is 51.1 Å². The van der Waals surface area contributed by atoms with Gasteiger partial charge in [-0.05, 0) is 0 Å². The third kappa shape index (κ3) is 2.12. The lowest BCUT2D eigenvalue weighted by Gasteiger charge is -2.17. The molecule has 2 unspecified atom stereocenters. The summed E-state index contributed by atoms with van der Waals surface area (Å²) in [4.78, 5) is 16.8. The van der Waals surface area contributed by atoms with Crippen molar-refractivity contribution in [2.24, 2.45) is 25.7 Å². The first-order valence-corrected chi connectivity index (χ1v) is 5.80. The van der Waals surface area contributed by atoms with E-state index in [1.54, 1.807) is 0 Å². The van der Waals surface area contributed by atoms with Crippen molar-refractivity contribution >= 4 is 23.3 Å². The number of nitrogens with two attached hydrogens (primary N) is 1. The van der Waals surface area contributed by atoms with Gasteiger partial charge in [0.2, 0.25) is 0 Å². The van der Waals surface area contributed by atoms with Gasteiger partial charge in [-0.2, -0.15) is 0 Å². The Balaban J connectivity index is 2.29. The summed E-state index contributed by atoms with van der Waals surface area (Å²) in [5.41, 5.74) is 5.80. The molecule has 8 heteroatoms. The number of amidine groups is 4. The van der Waals surface area contributed by atoms with Crippen LogP contribution in [0.2, 0.25) is 0 Å². The van der Waals surface area contributed by atoms with Gasteiger partial charge in [0.1, 0.15) is 29.6 Å². The highest BCUT2D eigenvalue weighted by Gasteiger charge is 2.37. The van der Waals surface area contributed by atoms with Gasteiger partial charge in [0.05, 0.1) is 0 Å². The fourth-order valence-corrected chi connectivity index (χ4v) is 1.86. The predicted molar refractivity (Wildman–Crippen MR) is 67.5 cm³/mol. The number of nitrogens with zero attached hydrogens (tertiary/aromatic N) is 5. The van der Waals surface area contributed by atoms with Gasteiger partial charge in [0.15, 0.2) is 5.84 Å². The highest BCUT2D eigenvalue weighted by molar-refractivity contribution is 6.11. The SMILES string of the molecule is CCC1=NC(C2N=C(CC)N=C2N(O)O)C(N)=N1. The molecular formula is C10H16N6O2. The van der Waals surface area contributed by atoms with Crippen molar-refractivity contribution in [1.82, 2.24) is 5.23 Å². The average molecular weight is 252 g/mol. The first-order chi connectivity index (χ1) is 8.56. The van der Waals surface area contributed by atoms with Crippen molar-refractivity contribution in [3.05, 3.63) is 0 Å². The molecule has 0 radical (unpaired) electrons. The van der Waals surface area contributed by atoms with Crippen LogP contribution in [0.15, 0.2) is 20.0 Å². The Labute approximate surface area is 104 Å². The van der Waals surface area contributed by atoms with Crippen molar-refractivity contribution in [2.45, 2.75) is 38.8 Å². The Kier molecular flexibility index (Phi) is 3.39. The molecule has 18 heavy (non-hydrogen) atoms. The van der Waals surface area contributed by atoms with E-state index < -0.39 is 12.1 Å². The van der Waals surface area contributed by atoms with E-state index in [1.807, 2.05) is 13.8 Å². The van der Waals surface area contributed by atoms with E-state index >= 15 is 0 Å². The zero-order valence-electron chi connectivity index (χ0n) is 10.3. The van der Waals surface area contributed by atoms with Gasteiger partial charge in [0.25, 0.3) is 0 Å². The van der Waals surface area contributed by atoms with Crippen LogP contribution in [0.3, 0.4) is 0 Å². The van der Waals surface area contributed by atoms with E-state index in [4.69, 9.17) is 16.1 Å². The number of hydrogen-bond donors (Lipinski definition) is 3. The molecule has 2 aliphatic rings. The van der Waals surface area contributed by atoms with Gasteiger partial charge in [-0.3, -0.25) is 20.4 Å². The maximum absolute atomic E-state index is 9.16. The van der Waals surface area contributed by atoms with Crippen molar-refractivity contribution in [1.29, 1.82) is 0 Å². The number of aliphatic imine (C=N–C) groups is 4. The third-order valence-electron chi connectivity index (χ3n) is 2.78. The van der Waals surface area contributed by atoms with Crippen LogP contribution in [0.25, 0.3) is 0 Å². The van der Waals surface area contributed by atoms with Crippen LogP contribution >= 0.6 is 0 Å². The molecule has 0 amide bonds. The molecule has 0 bridgehead atoms. The molecule has 0 saturated heterocycles. The van der Waals surface area contributed by atoms with E-state index in [0.29, 0.717) is 30.3 Å². The molecule has 4 N–H and O–H groups in total. The molecule has 0 aromatic heterocycles. The zero-order valence-corrected chi connectivity index (χ0v) is 10.3. The van der Waals surface area contributed by atoms with Crippen LogP contribution in [-0.2, 0) is 0 Å². The third-order valence-corrected chi connectivity index (χ3v) is 2.78. The molecule has 2 rings (SSSR count). The molecular weight excluding hydrogens is 236 g/mol. The second-order valence-corrected chi connectivity index (χ2v) is 3.98. The Morgan fingerprint density at radius 3 is 2.11 bits per heavy atom. The van der Waals surface area contributed by atoms with Crippen LogP contribution in [0.4, 0.5) is 0 Å². The minimum absolute atomic E-state index is 0.0242. The second kappa shape index (κ2) is 4.83. The molecule has 2 aliphatic heterocycles. The summed E-state index contributed by atoms with van der Waals surface area (Å²) in [5, 5.41) is 18.3. The molecule has 0 aliphatic carbocycles. The Morgan fingerprint density at radius 1 is 1.06 bits per heavy atom. The highest BCUT2D eigenvalue weighted by Crippen LogP contribution is 2.19. The van der Waals surface area contributed by atoms with Crippen LogP contribution < -0.4 is 5.73 Å². The minimum atomic E-state index is -0.622. The second-order valence-electron chi connectivity index (χ2n) is 3.98. The lowest BCUT2D eigenvalue weighted by Crippen LogP contribution is -2.43. The first-order valence-electron chi connectivity index (χ1n) is 5.80. The predicted octanol–water partition coefficient (Wildman–Crippen LogP) is 0.204. The minimum Gasteiger partial charge on any atom is -0.385 e. The number of hydroxylamine groups is 2. The Hall–Kier alpha value is -1.80. The summed E-state index contributed by atoms with van der Waals surface area (Å²) in [6.07, 6.45) is 1.27. The summed E-state index contributed by atoms with van der Waals surface area (Å²) < 4.78 is 0. The smallest absolute Gasteiger partial charge is 0.188 e. The normalized spacial score (nSPS) is 26.7. The van der Waals surface area contributed by atoms with Crippen molar-refractivity contribution < 1.29 is 10.4 Å². The molecule has 0 saturated carbocycles. The number of rotatable bonds is 3.